The molecule has 0 spiro atoms. The maximum absolute atomic E-state index is 14.4. The van der Waals surface area contributed by atoms with Gasteiger partial charge < -0.3 is 9.30 Å². The van der Waals surface area contributed by atoms with E-state index >= 15 is 0 Å². The first kappa shape index (κ1) is 26.3. The van der Waals surface area contributed by atoms with Crippen LogP contribution in [0.2, 0.25) is 0 Å². The van der Waals surface area contributed by atoms with E-state index in [1.165, 1.54) is 16.8 Å². The number of pyridine rings is 1. The molecule has 2 heterocycles. The first-order chi connectivity index (χ1) is 18.8. The Morgan fingerprint density at radius 2 is 1.67 bits per heavy atom. The van der Waals surface area contributed by atoms with E-state index < -0.39 is 5.82 Å². The molecule has 0 aliphatic carbocycles. The molecule has 200 valence electrons. The number of halogens is 1. The summed E-state index contributed by atoms with van der Waals surface area (Å²) in [5, 5.41) is 4.96. The first-order valence-electron chi connectivity index (χ1n) is 13.1. The zero-order valence-electron chi connectivity index (χ0n) is 22.5. The van der Waals surface area contributed by atoms with Crippen LogP contribution in [0.25, 0.3) is 27.8 Å². The number of aromatic nitrogens is 4. The summed E-state index contributed by atoms with van der Waals surface area (Å²) in [6.45, 7) is 8.58. The first-order valence-corrected chi connectivity index (χ1v) is 13.1. The number of hydrogen-bond acceptors (Lipinski definition) is 4. The van der Waals surface area contributed by atoms with Gasteiger partial charge >= 0.3 is 5.69 Å². The summed E-state index contributed by atoms with van der Waals surface area (Å²) in [7, 11) is 0. The fourth-order valence-corrected chi connectivity index (χ4v) is 5.03. The standard InChI is InChI=1S/C31H31FN4O3/c1-5-34-27(19-39-18-22-12-7-6-8-13-22)33-36(31(34)38)30-28(24-14-10-9-11-21(24)4)29(37)25-17-23(32)15-16-26(25)35(30)20(2)3/h6-17,20H,5,18-19H2,1-4H3. The van der Waals surface area contributed by atoms with E-state index in [4.69, 9.17) is 9.84 Å². The average Bonchev–Trinajstić information content (AvgIpc) is 3.24. The predicted octanol–water partition coefficient (Wildman–Crippen LogP) is 5.78. The third-order valence-corrected chi connectivity index (χ3v) is 6.87. The lowest BCUT2D eigenvalue weighted by molar-refractivity contribution is 0.0989. The molecule has 0 aliphatic rings. The maximum atomic E-state index is 14.4. The van der Waals surface area contributed by atoms with Crippen LogP contribution in [0.15, 0.2) is 82.4 Å². The van der Waals surface area contributed by atoms with Crippen molar-refractivity contribution < 1.29 is 9.13 Å². The van der Waals surface area contributed by atoms with Gasteiger partial charge in [0.25, 0.3) is 0 Å². The highest BCUT2D eigenvalue weighted by Gasteiger charge is 2.26. The number of nitrogens with zero attached hydrogens (tertiary/aromatic N) is 4. The van der Waals surface area contributed by atoms with E-state index in [2.05, 4.69) is 0 Å². The van der Waals surface area contributed by atoms with Gasteiger partial charge in [-0.15, -0.1) is 5.10 Å². The van der Waals surface area contributed by atoms with Crippen molar-refractivity contribution in [3.05, 3.63) is 116 Å². The maximum Gasteiger partial charge on any atom is 0.352 e. The fraction of sp³-hybridized carbons (Fsp3) is 0.258. The third-order valence-electron chi connectivity index (χ3n) is 6.87. The van der Waals surface area contributed by atoms with Crippen LogP contribution in [-0.4, -0.2) is 18.9 Å². The molecule has 0 unspecified atom stereocenters. The normalized spacial score (nSPS) is 11.5. The molecule has 5 rings (SSSR count). The topological polar surface area (TPSA) is 71.0 Å². The van der Waals surface area contributed by atoms with Gasteiger partial charge in [0.05, 0.1) is 17.7 Å². The van der Waals surface area contributed by atoms with Crippen LogP contribution in [0.1, 0.15) is 43.8 Å². The van der Waals surface area contributed by atoms with Crippen LogP contribution < -0.4 is 11.1 Å². The third kappa shape index (κ3) is 4.83. The van der Waals surface area contributed by atoms with E-state index in [1.54, 1.807) is 10.6 Å². The van der Waals surface area contributed by atoms with Gasteiger partial charge in [-0.25, -0.2) is 9.18 Å². The second-order valence-corrected chi connectivity index (χ2v) is 9.80. The van der Waals surface area contributed by atoms with Gasteiger partial charge in [0.15, 0.2) is 17.1 Å². The minimum absolute atomic E-state index is 0.120. The second kappa shape index (κ2) is 10.8. The number of aryl methyl sites for hydroxylation is 1. The molecule has 2 aromatic heterocycles. The summed E-state index contributed by atoms with van der Waals surface area (Å²) >= 11 is 0. The van der Waals surface area contributed by atoms with E-state index in [9.17, 15) is 14.0 Å². The number of fused-ring (bicyclic) bond motifs is 1. The van der Waals surface area contributed by atoms with Crippen molar-refractivity contribution in [2.45, 2.75) is 53.5 Å². The van der Waals surface area contributed by atoms with Crippen LogP contribution in [0.3, 0.4) is 0 Å². The quantitative estimate of drug-likeness (QED) is 0.257. The summed E-state index contributed by atoms with van der Waals surface area (Å²) in [6.07, 6.45) is 0. The van der Waals surface area contributed by atoms with E-state index in [0.29, 0.717) is 41.4 Å². The highest BCUT2D eigenvalue weighted by Crippen LogP contribution is 2.31. The summed E-state index contributed by atoms with van der Waals surface area (Å²) in [5.74, 6) is 0.310. The second-order valence-electron chi connectivity index (χ2n) is 9.80. The van der Waals surface area contributed by atoms with Gasteiger partial charge in [-0.2, -0.15) is 4.68 Å². The van der Waals surface area contributed by atoms with Gasteiger partial charge in [-0.1, -0.05) is 54.6 Å². The molecule has 0 saturated carbocycles. The lowest BCUT2D eigenvalue weighted by Gasteiger charge is -2.23. The lowest BCUT2D eigenvalue weighted by atomic mass is 9.98. The lowest BCUT2D eigenvalue weighted by Crippen LogP contribution is -2.30. The minimum Gasteiger partial charge on any atom is -0.369 e. The molecular formula is C31H31FN4O3. The van der Waals surface area contributed by atoms with Crippen LogP contribution >= 0.6 is 0 Å². The van der Waals surface area contributed by atoms with Crippen molar-refractivity contribution >= 4 is 10.9 Å². The highest BCUT2D eigenvalue weighted by atomic mass is 19.1. The van der Waals surface area contributed by atoms with E-state index in [-0.39, 0.29) is 29.2 Å². The zero-order valence-corrected chi connectivity index (χ0v) is 22.5. The van der Waals surface area contributed by atoms with Gasteiger partial charge in [0, 0.05) is 18.0 Å². The van der Waals surface area contributed by atoms with Crippen molar-refractivity contribution in [1.82, 2.24) is 18.9 Å². The Balaban J connectivity index is 1.77. The average molecular weight is 527 g/mol. The van der Waals surface area contributed by atoms with Crippen molar-refractivity contribution in [3.8, 4) is 16.9 Å². The molecule has 5 aromatic rings. The number of benzene rings is 3. The molecule has 0 N–H and O–H groups in total. The molecule has 7 nitrogen and oxygen atoms in total. The summed E-state index contributed by atoms with van der Waals surface area (Å²) < 4.78 is 25.0. The smallest absolute Gasteiger partial charge is 0.352 e. The molecule has 0 amide bonds. The number of hydrogen-bond donors (Lipinski definition) is 0. The van der Waals surface area contributed by atoms with Crippen molar-refractivity contribution in [2.75, 3.05) is 0 Å². The molecule has 0 radical (unpaired) electrons. The van der Waals surface area contributed by atoms with Gasteiger partial charge in [-0.05, 0) is 62.6 Å². The molecule has 0 aliphatic heterocycles. The molecule has 0 atom stereocenters. The van der Waals surface area contributed by atoms with E-state index in [1.807, 2.05) is 86.9 Å². The fourth-order valence-electron chi connectivity index (χ4n) is 5.03. The molecule has 0 bridgehead atoms. The molecule has 39 heavy (non-hydrogen) atoms. The molecule has 8 heteroatoms. The Hall–Kier alpha value is -4.30. The van der Waals surface area contributed by atoms with E-state index in [0.717, 1.165) is 11.1 Å². The molecule has 0 fully saturated rings. The molecule has 3 aromatic carbocycles. The van der Waals surface area contributed by atoms with Crippen LogP contribution in [-0.2, 0) is 24.5 Å². The Labute approximate surface area is 225 Å². The van der Waals surface area contributed by atoms with Crippen LogP contribution in [0.4, 0.5) is 4.39 Å². The summed E-state index contributed by atoms with van der Waals surface area (Å²) in [6, 6.07) is 21.3. The van der Waals surface area contributed by atoms with Gasteiger partial charge in [0.1, 0.15) is 12.4 Å². The summed E-state index contributed by atoms with van der Waals surface area (Å²) in [5.41, 5.74) is 2.64. The monoisotopic (exact) mass is 526 g/mol. The number of rotatable bonds is 8. The van der Waals surface area contributed by atoms with Crippen molar-refractivity contribution in [3.63, 3.8) is 0 Å². The number of ether oxygens (including phenoxy) is 1. The van der Waals surface area contributed by atoms with Crippen molar-refractivity contribution in [1.29, 1.82) is 0 Å². The van der Waals surface area contributed by atoms with Crippen LogP contribution in [0.5, 0.6) is 0 Å². The zero-order chi connectivity index (χ0) is 27.7. The minimum atomic E-state index is -0.497. The molecular weight excluding hydrogens is 495 g/mol. The Morgan fingerprint density at radius 1 is 0.949 bits per heavy atom. The van der Waals surface area contributed by atoms with Gasteiger partial charge in [0.2, 0.25) is 0 Å². The summed E-state index contributed by atoms with van der Waals surface area (Å²) in [4.78, 5) is 27.9. The Morgan fingerprint density at radius 3 is 2.36 bits per heavy atom. The van der Waals surface area contributed by atoms with Crippen molar-refractivity contribution in [2.24, 2.45) is 0 Å². The highest BCUT2D eigenvalue weighted by molar-refractivity contribution is 5.88. The molecule has 0 saturated heterocycles. The van der Waals surface area contributed by atoms with Crippen LogP contribution in [0, 0.1) is 12.7 Å². The largest absolute Gasteiger partial charge is 0.369 e. The Kier molecular flexibility index (Phi) is 7.30. The SMILES string of the molecule is CCn1c(COCc2ccccc2)nn(-c2c(-c3ccccc3C)c(=O)c3cc(F)ccc3n2C(C)C)c1=O. The van der Waals surface area contributed by atoms with Gasteiger partial charge in [-0.3, -0.25) is 9.36 Å². The Bertz CT molecular complexity index is 1770. The predicted molar refractivity (Wildman–Crippen MR) is 151 cm³/mol.